The first-order valence-electron chi connectivity index (χ1n) is 6.64. The molecule has 1 aliphatic rings. The molecule has 0 spiro atoms. The van der Waals surface area contributed by atoms with Crippen molar-refractivity contribution in [3.8, 4) is 0 Å². The zero-order valence-corrected chi connectivity index (χ0v) is 12.9. The van der Waals surface area contributed by atoms with E-state index < -0.39 is 0 Å². The van der Waals surface area contributed by atoms with E-state index >= 15 is 0 Å². The number of anilines is 1. The highest BCUT2D eigenvalue weighted by Gasteiger charge is 2.28. The van der Waals surface area contributed by atoms with Gasteiger partial charge in [-0.25, -0.2) is 0 Å². The second kappa shape index (κ2) is 5.90. The van der Waals surface area contributed by atoms with Gasteiger partial charge in [-0.3, -0.25) is 10.1 Å². The lowest BCUT2D eigenvalue weighted by Gasteiger charge is -2.31. The summed E-state index contributed by atoms with van der Waals surface area (Å²) < 4.78 is 0. The molecule has 1 aromatic carbocycles. The predicted molar refractivity (Wildman–Crippen MR) is 80.9 cm³/mol. The fourth-order valence-electron chi connectivity index (χ4n) is 2.86. The molecule has 19 heavy (non-hydrogen) atoms. The minimum atomic E-state index is -0.333. The van der Waals surface area contributed by atoms with Crippen molar-refractivity contribution in [3.05, 3.63) is 33.9 Å². The Hall–Kier alpha value is -1.10. The Balaban J connectivity index is 2.36. The molecular formula is C14H19BrN2O2. The Morgan fingerprint density at radius 3 is 2.84 bits per heavy atom. The first-order valence-corrected chi connectivity index (χ1v) is 7.76. The van der Waals surface area contributed by atoms with Crippen molar-refractivity contribution in [2.75, 3.05) is 11.4 Å². The molecule has 1 unspecified atom stereocenters. The zero-order chi connectivity index (χ0) is 14.0. The Morgan fingerprint density at radius 1 is 1.53 bits per heavy atom. The van der Waals surface area contributed by atoms with Crippen molar-refractivity contribution in [1.82, 2.24) is 0 Å². The van der Waals surface area contributed by atoms with Crippen molar-refractivity contribution in [1.29, 1.82) is 0 Å². The van der Waals surface area contributed by atoms with Crippen molar-refractivity contribution in [2.45, 2.75) is 38.1 Å². The molecule has 2 rings (SSSR count). The number of benzene rings is 1. The molecule has 5 heteroatoms. The maximum atomic E-state index is 10.9. The molecule has 104 valence electrons. The highest BCUT2D eigenvalue weighted by Crippen LogP contribution is 2.34. The topological polar surface area (TPSA) is 46.4 Å². The first kappa shape index (κ1) is 14.3. The van der Waals surface area contributed by atoms with Gasteiger partial charge in [-0.05, 0) is 30.4 Å². The third kappa shape index (κ3) is 2.91. The highest BCUT2D eigenvalue weighted by atomic mass is 79.9. The average Bonchev–Trinajstić information content (AvgIpc) is 2.87. The third-order valence-corrected chi connectivity index (χ3v) is 4.40. The molecule has 1 saturated heterocycles. The summed E-state index contributed by atoms with van der Waals surface area (Å²) in [6, 6.07) is 5.73. The number of hydrogen-bond acceptors (Lipinski definition) is 3. The lowest BCUT2D eigenvalue weighted by molar-refractivity contribution is -0.384. The van der Waals surface area contributed by atoms with Gasteiger partial charge in [-0.2, -0.15) is 0 Å². The van der Waals surface area contributed by atoms with Crippen LogP contribution in [0, 0.1) is 16.0 Å². The molecule has 1 atom stereocenters. The van der Waals surface area contributed by atoms with Crippen LogP contribution in [0.1, 0.15) is 32.3 Å². The van der Waals surface area contributed by atoms with Crippen LogP contribution in [0.2, 0.25) is 0 Å². The number of halogens is 1. The maximum Gasteiger partial charge on any atom is 0.269 e. The molecule has 1 aliphatic heterocycles. The second-order valence-corrected chi connectivity index (χ2v) is 5.91. The smallest absolute Gasteiger partial charge is 0.269 e. The van der Waals surface area contributed by atoms with Crippen LogP contribution in [0.25, 0.3) is 0 Å². The Bertz CT molecular complexity index is 477. The SMILES string of the molecule is CC(C)C1CCCN1c1ccc([N+](=O)[O-])cc1CBr. The Labute approximate surface area is 122 Å². The number of nitro groups is 1. The molecular weight excluding hydrogens is 308 g/mol. The lowest BCUT2D eigenvalue weighted by Crippen LogP contribution is -2.33. The van der Waals surface area contributed by atoms with E-state index in [0.717, 1.165) is 17.8 Å². The molecule has 1 fully saturated rings. The van der Waals surface area contributed by atoms with Crippen molar-refractivity contribution < 1.29 is 4.92 Å². The van der Waals surface area contributed by atoms with Gasteiger partial charge in [-0.15, -0.1) is 0 Å². The van der Waals surface area contributed by atoms with Gasteiger partial charge < -0.3 is 4.90 Å². The molecule has 0 N–H and O–H groups in total. The summed E-state index contributed by atoms with van der Waals surface area (Å²) in [5.74, 6) is 0.598. The van der Waals surface area contributed by atoms with E-state index in [1.807, 2.05) is 6.07 Å². The molecule has 1 aromatic rings. The van der Waals surface area contributed by atoms with Gasteiger partial charge >= 0.3 is 0 Å². The van der Waals surface area contributed by atoms with Crippen LogP contribution >= 0.6 is 15.9 Å². The lowest BCUT2D eigenvalue weighted by atomic mass is 10.0. The normalized spacial score (nSPS) is 19.2. The van der Waals surface area contributed by atoms with Gasteiger partial charge in [0.1, 0.15) is 0 Å². The largest absolute Gasteiger partial charge is 0.368 e. The van der Waals surface area contributed by atoms with Crippen molar-refractivity contribution in [3.63, 3.8) is 0 Å². The van der Waals surface area contributed by atoms with Crippen molar-refractivity contribution in [2.24, 2.45) is 5.92 Å². The van der Waals surface area contributed by atoms with Crippen LogP contribution in [-0.2, 0) is 5.33 Å². The van der Waals surface area contributed by atoms with Gasteiger partial charge in [0.15, 0.2) is 0 Å². The van der Waals surface area contributed by atoms with Crippen LogP contribution in [0.4, 0.5) is 11.4 Å². The molecule has 1 heterocycles. The molecule has 0 saturated carbocycles. The van der Waals surface area contributed by atoms with E-state index in [4.69, 9.17) is 0 Å². The summed E-state index contributed by atoms with van der Waals surface area (Å²) in [5.41, 5.74) is 2.30. The average molecular weight is 327 g/mol. The Morgan fingerprint density at radius 2 is 2.26 bits per heavy atom. The van der Waals surface area contributed by atoms with Gasteiger partial charge in [-0.1, -0.05) is 29.8 Å². The molecule has 0 aromatic heterocycles. The van der Waals surface area contributed by atoms with Gasteiger partial charge in [0.05, 0.1) is 4.92 Å². The number of nitro benzene ring substituents is 1. The van der Waals surface area contributed by atoms with E-state index in [9.17, 15) is 10.1 Å². The molecule has 4 nitrogen and oxygen atoms in total. The number of hydrogen-bond donors (Lipinski definition) is 0. The highest BCUT2D eigenvalue weighted by molar-refractivity contribution is 9.08. The summed E-state index contributed by atoms with van der Waals surface area (Å²) in [6.07, 6.45) is 2.40. The quantitative estimate of drug-likeness (QED) is 0.475. The predicted octanol–water partition coefficient (Wildman–Crippen LogP) is 4.11. The van der Waals surface area contributed by atoms with E-state index in [-0.39, 0.29) is 10.6 Å². The molecule has 0 radical (unpaired) electrons. The second-order valence-electron chi connectivity index (χ2n) is 5.35. The monoisotopic (exact) mass is 326 g/mol. The summed E-state index contributed by atoms with van der Waals surface area (Å²) >= 11 is 3.45. The van der Waals surface area contributed by atoms with E-state index in [1.165, 1.54) is 12.8 Å². The minimum Gasteiger partial charge on any atom is -0.368 e. The number of alkyl halides is 1. The minimum absolute atomic E-state index is 0.165. The number of rotatable bonds is 4. The summed E-state index contributed by atoms with van der Waals surface area (Å²) in [4.78, 5) is 12.9. The van der Waals surface area contributed by atoms with E-state index in [0.29, 0.717) is 17.3 Å². The van der Waals surface area contributed by atoms with Crippen LogP contribution in [0.15, 0.2) is 18.2 Å². The fraction of sp³-hybridized carbons (Fsp3) is 0.571. The zero-order valence-electron chi connectivity index (χ0n) is 11.3. The Kier molecular flexibility index (Phi) is 4.45. The molecule has 0 aliphatic carbocycles. The molecule has 0 amide bonds. The van der Waals surface area contributed by atoms with Crippen molar-refractivity contribution >= 4 is 27.3 Å². The standard InChI is InChI=1S/C14H19BrN2O2/c1-10(2)13-4-3-7-16(13)14-6-5-12(17(18)19)8-11(14)9-15/h5-6,8,10,13H,3-4,7,9H2,1-2H3. The van der Waals surface area contributed by atoms with Crippen LogP contribution < -0.4 is 4.90 Å². The maximum absolute atomic E-state index is 10.9. The summed E-state index contributed by atoms with van der Waals surface area (Å²) in [7, 11) is 0. The fourth-order valence-corrected chi connectivity index (χ4v) is 3.31. The molecule has 0 bridgehead atoms. The van der Waals surface area contributed by atoms with E-state index in [1.54, 1.807) is 12.1 Å². The van der Waals surface area contributed by atoms with Crippen LogP contribution in [0.3, 0.4) is 0 Å². The van der Waals surface area contributed by atoms with Crippen LogP contribution in [0.5, 0.6) is 0 Å². The van der Waals surface area contributed by atoms with Gasteiger partial charge in [0.25, 0.3) is 5.69 Å². The third-order valence-electron chi connectivity index (χ3n) is 3.80. The first-order chi connectivity index (χ1) is 9.04. The van der Waals surface area contributed by atoms with Crippen LogP contribution in [-0.4, -0.2) is 17.5 Å². The van der Waals surface area contributed by atoms with Gasteiger partial charge in [0.2, 0.25) is 0 Å². The summed E-state index contributed by atoms with van der Waals surface area (Å²) in [6.45, 7) is 5.52. The van der Waals surface area contributed by atoms with Gasteiger partial charge in [0, 0.05) is 35.7 Å². The summed E-state index contributed by atoms with van der Waals surface area (Å²) in [5, 5.41) is 11.5. The van der Waals surface area contributed by atoms with E-state index in [2.05, 4.69) is 34.7 Å². The number of non-ortho nitro benzene ring substituents is 1. The number of nitrogens with zero attached hydrogens (tertiary/aromatic N) is 2.